The number of nitrogens with zero attached hydrogens (tertiary/aromatic N) is 4. The van der Waals surface area contributed by atoms with Crippen molar-refractivity contribution in [3.8, 4) is 0 Å². The van der Waals surface area contributed by atoms with Crippen LogP contribution in [0.5, 0.6) is 0 Å². The average Bonchev–Trinajstić information content (AvgIpc) is 2.46. The summed E-state index contributed by atoms with van der Waals surface area (Å²) in [5, 5.41) is 9.14. The predicted molar refractivity (Wildman–Crippen MR) is 77.2 cm³/mol. The van der Waals surface area contributed by atoms with E-state index in [4.69, 9.17) is 5.11 Å². The molecule has 1 saturated heterocycles. The number of carbonyl (C=O) groups is 2. The third-order valence-corrected chi connectivity index (χ3v) is 3.40. The molecule has 1 N–H and O–H groups in total. The molecule has 114 valence electrons. The van der Waals surface area contributed by atoms with Crippen LogP contribution in [0.3, 0.4) is 0 Å². The van der Waals surface area contributed by atoms with Crippen molar-refractivity contribution in [1.82, 2.24) is 14.9 Å². The highest BCUT2D eigenvalue weighted by Crippen LogP contribution is 2.17. The summed E-state index contributed by atoms with van der Waals surface area (Å²) < 4.78 is 0. The molecule has 7 nitrogen and oxygen atoms in total. The molecule has 0 aliphatic carbocycles. The highest BCUT2D eigenvalue weighted by molar-refractivity contribution is 5.91. The van der Waals surface area contributed by atoms with E-state index in [1.807, 2.05) is 23.6 Å². The third-order valence-electron chi connectivity index (χ3n) is 3.40. The molecule has 0 bridgehead atoms. The van der Waals surface area contributed by atoms with Crippen molar-refractivity contribution in [2.45, 2.75) is 20.3 Å². The summed E-state index contributed by atoms with van der Waals surface area (Å²) in [6.45, 7) is 6.35. The minimum absolute atomic E-state index is 0.0422. The maximum absolute atomic E-state index is 12.0. The molecule has 0 atom stereocenters. The van der Waals surface area contributed by atoms with Gasteiger partial charge in [-0.2, -0.15) is 0 Å². The van der Waals surface area contributed by atoms with Gasteiger partial charge >= 0.3 is 5.97 Å². The smallest absolute Gasteiger partial charge is 0.358 e. The van der Waals surface area contributed by atoms with E-state index in [2.05, 4.69) is 9.97 Å². The summed E-state index contributed by atoms with van der Waals surface area (Å²) in [6.07, 6.45) is 3.40. The first-order chi connectivity index (χ1) is 9.99. The Labute approximate surface area is 123 Å². The first kappa shape index (κ1) is 15.2. The van der Waals surface area contributed by atoms with E-state index in [0.717, 1.165) is 0 Å². The van der Waals surface area contributed by atoms with Gasteiger partial charge < -0.3 is 14.9 Å². The summed E-state index contributed by atoms with van der Waals surface area (Å²) in [5.41, 5.74) is -0.0422. The minimum atomic E-state index is -1.09. The molecule has 1 amide bonds. The number of hydrogen-bond donors (Lipinski definition) is 1. The summed E-state index contributed by atoms with van der Waals surface area (Å²) in [6, 6.07) is 0. The molecule has 0 spiro atoms. The van der Waals surface area contributed by atoms with Crippen LogP contribution >= 0.6 is 0 Å². The summed E-state index contributed by atoms with van der Waals surface area (Å²) in [5.74, 6) is -0.214. The number of carboxylic acid groups (broad SMARTS) is 1. The molecule has 0 aromatic carbocycles. The fourth-order valence-corrected chi connectivity index (χ4v) is 2.36. The molecule has 1 aliphatic heterocycles. The molecule has 1 aromatic rings. The van der Waals surface area contributed by atoms with Crippen molar-refractivity contribution >= 4 is 17.7 Å². The lowest BCUT2D eigenvalue weighted by Crippen LogP contribution is -2.49. The van der Waals surface area contributed by atoms with Crippen molar-refractivity contribution in [2.24, 2.45) is 5.92 Å². The lowest BCUT2D eigenvalue weighted by Gasteiger charge is -2.35. The molecule has 21 heavy (non-hydrogen) atoms. The average molecular weight is 292 g/mol. The number of rotatable bonds is 4. The van der Waals surface area contributed by atoms with Crippen LogP contribution < -0.4 is 4.90 Å². The van der Waals surface area contributed by atoms with E-state index in [1.54, 1.807) is 0 Å². The van der Waals surface area contributed by atoms with E-state index in [1.165, 1.54) is 12.4 Å². The lowest BCUT2D eigenvalue weighted by atomic mass is 10.1. The number of carbonyl (C=O) groups excluding carboxylic acids is 1. The van der Waals surface area contributed by atoms with E-state index in [0.29, 0.717) is 44.3 Å². The molecule has 0 saturated carbocycles. The van der Waals surface area contributed by atoms with Crippen LogP contribution in [-0.2, 0) is 4.79 Å². The fourth-order valence-electron chi connectivity index (χ4n) is 2.36. The van der Waals surface area contributed by atoms with Gasteiger partial charge in [0.05, 0.1) is 0 Å². The zero-order valence-electron chi connectivity index (χ0n) is 12.3. The van der Waals surface area contributed by atoms with Gasteiger partial charge in [-0.1, -0.05) is 13.8 Å². The number of hydrogen-bond acceptors (Lipinski definition) is 5. The quantitative estimate of drug-likeness (QED) is 0.886. The van der Waals surface area contributed by atoms with Gasteiger partial charge in [-0.15, -0.1) is 0 Å². The second kappa shape index (κ2) is 6.51. The molecule has 1 fully saturated rings. The SMILES string of the molecule is CC(C)CC(=O)N1CCN(c2nccnc2C(=O)O)CC1. The van der Waals surface area contributed by atoms with Gasteiger partial charge in [0.15, 0.2) is 11.5 Å². The first-order valence-electron chi connectivity index (χ1n) is 7.06. The van der Waals surface area contributed by atoms with Gasteiger partial charge in [0.25, 0.3) is 0 Å². The van der Waals surface area contributed by atoms with Crippen LogP contribution in [-0.4, -0.2) is 58.0 Å². The lowest BCUT2D eigenvalue weighted by molar-refractivity contribution is -0.132. The van der Waals surface area contributed by atoms with Crippen LogP contribution in [0.4, 0.5) is 5.82 Å². The third kappa shape index (κ3) is 3.68. The molecular formula is C14H20N4O3. The Morgan fingerprint density at radius 3 is 2.38 bits per heavy atom. The Balaban J connectivity index is 2.01. The van der Waals surface area contributed by atoms with E-state index >= 15 is 0 Å². The number of piperazine rings is 1. The molecule has 1 aromatic heterocycles. The molecule has 2 rings (SSSR count). The summed E-state index contributed by atoms with van der Waals surface area (Å²) in [4.78, 5) is 34.9. The second-order valence-electron chi connectivity index (χ2n) is 5.50. The van der Waals surface area contributed by atoms with E-state index in [-0.39, 0.29) is 11.6 Å². The zero-order valence-corrected chi connectivity index (χ0v) is 12.3. The highest BCUT2D eigenvalue weighted by atomic mass is 16.4. The number of aromatic carboxylic acids is 1. The number of amides is 1. The maximum Gasteiger partial charge on any atom is 0.358 e. The normalized spacial score (nSPS) is 15.4. The Bertz CT molecular complexity index is 525. The highest BCUT2D eigenvalue weighted by Gasteiger charge is 2.25. The van der Waals surface area contributed by atoms with E-state index in [9.17, 15) is 9.59 Å². The molecule has 2 heterocycles. The number of carboxylic acids is 1. The Morgan fingerprint density at radius 2 is 1.81 bits per heavy atom. The van der Waals surface area contributed by atoms with Crippen LogP contribution in [0.15, 0.2) is 12.4 Å². The minimum Gasteiger partial charge on any atom is -0.476 e. The largest absolute Gasteiger partial charge is 0.476 e. The molecule has 7 heteroatoms. The van der Waals surface area contributed by atoms with Crippen molar-refractivity contribution in [2.75, 3.05) is 31.1 Å². The Hall–Kier alpha value is -2.18. The zero-order chi connectivity index (χ0) is 15.4. The molecule has 0 unspecified atom stereocenters. The van der Waals surface area contributed by atoms with Crippen LogP contribution in [0.2, 0.25) is 0 Å². The molecule has 1 aliphatic rings. The van der Waals surface area contributed by atoms with Crippen LogP contribution in [0.1, 0.15) is 30.8 Å². The standard InChI is InChI=1S/C14H20N4O3/c1-10(2)9-11(19)17-5-7-18(8-6-17)13-12(14(20)21)15-3-4-16-13/h3-4,10H,5-9H2,1-2H3,(H,20,21). The van der Waals surface area contributed by atoms with Crippen molar-refractivity contribution in [1.29, 1.82) is 0 Å². The van der Waals surface area contributed by atoms with Crippen molar-refractivity contribution in [3.05, 3.63) is 18.1 Å². The van der Waals surface area contributed by atoms with Gasteiger partial charge in [0, 0.05) is 45.0 Å². The van der Waals surface area contributed by atoms with Gasteiger partial charge in [-0.25, -0.2) is 14.8 Å². The second-order valence-corrected chi connectivity index (χ2v) is 5.50. The first-order valence-corrected chi connectivity index (χ1v) is 7.06. The van der Waals surface area contributed by atoms with Gasteiger partial charge in [-0.05, 0) is 5.92 Å². The fraction of sp³-hybridized carbons (Fsp3) is 0.571. The number of aromatic nitrogens is 2. The van der Waals surface area contributed by atoms with Gasteiger partial charge in [0.2, 0.25) is 5.91 Å². The van der Waals surface area contributed by atoms with E-state index < -0.39 is 5.97 Å². The molecule has 0 radical (unpaired) electrons. The maximum atomic E-state index is 12.0. The summed E-state index contributed by atoms with van der Waals surface area (Å²) in [7, 11) is 0. The Kier molecular flexibility index (Phi) is 4.72. The van der Waals surface area contributed by atoms with Gasteiger partial charge in [-0.3, -0.25) is 4.79 Å². The topological polar surface area (TPSA) is 86.6 Å². The predicted octanol–water partition coefficient (Wildman–Crippen LogP) is 0.869. The molecular weight excluding hydrogens is 272 g/mol. The summed E-state index contributed by atoms with van der Waals surface area (Å²) >= 11 is 0. The number of anilines is 1. The van der Waals surface area contributed by atoms with Crippen LogP contribution in [0.25, 0.3) is 0 Å². The monoisotopic (exact) mass is 292 g/mol. The Morgan fingerprint density at radius 1 is 1.19 bits per heavy atom. The van der Waals surface area contributed by atoms with Gasteiger partial charge in [0.1, 0.15) is 0 Å². The van der Waals surface area contributed by atoms with Crippen molar-refractivity contribution < 1.29 is 14.7 Å². The van der Waals surface area contributed by atoms with Crippen LogP contribution in [0, 0.1) is 5.92 Å². The van der Waals surface area contributed by atoms with Crippen molar-refractivity contribution in [3.63, 3.8) is 0 Å².